The van der Waals surface area contributed by atoms with Gasteiger partial charge in [-0.1, -0.05) is 0 Å². The van der Waals surface area contributed by atoms with Crippen molar-refractivity contribution in [3.05, 3.63) is 42.0 Å². The Hall–Kier alpha value is -3.21. The van der Waals surface area contributed by atoms with Crippen LogP contribution in [0.3, 0.4) is 0 Å². The maximum Gasteiger partial charge on any atom is 0.274 e. The average Bonchev–Trinajstić information content (AvgIpc) is 3.29. The minimum atomic E-state index is -0.0392. The average molecular weight is 377 g/mol. The first-order chi connectivity index (χ1) is 13.7. The number of rotatable bonds is 4. The van der Waals surface area contributed by atoms with E-state index in [1.165, 1.54) is 0 Å². The Morgan fingerprint density at radius 2 is 1.96 bits per heavy atom. The summed E-state index contributed by atoms with van der Waals surface area (Å²) < 4.78 is 0. The monoisotopic (exact) mass is 377 g/mol. The largest absolute Gasteiger partial charge is 0.366 e. The number of aromatic nitrogens is 3. The molecule has 0 radical (unpaired) electrons. The van der Waals surface area contributed by atoms with E-state index in [1.54, 1.807) is 30.7 Å². The first-order valence-corrected chi connectivity index (χ1v) is 9.72. The molecule has 2 aromatic rings. The zero-order valence-corrected chi connectivity index (χ0v) is 15.7. The molecule has 8 nitrogen and oxygen atoms in total. The lowest BCUT2D eigenvalue weighted by molar-refractivity contribution is 0.0786. The summed E-state index contributed by atoms with van der Waals surface area (Å²) in [6.07, 6.45) is 8.83. The third-order valence-electron chi connectivity index (χ3n) is 5.30. The Labute approximate surface area is 164 Å². The minimum Gasteiger partial charge on any atom is -0.366 e. The van der Waals surface area contributed by atoms with Gasteiger partial charge >= 0.3 is 0 Å². The molecular weight excluding hydrogens is 354 g/mol. The van der Waals surface area contributed by atoms with E-state index < -0.39 is 0 Å². The molecule has 1 amide bonds. The van der Waals surface area contributed by atoms with E-state index in [1.807, 2.05) is 4.90 Å². The van der Waals surface area contributed by atoms with Crippen LogP contribution in [0.2, 0.25) is 0 Å². The number of hydrogen-bond donors (Lipinski definition) is 1. The number of likely N-dealkylation sites (tertiary alicyclic amines) is 1. The van der Waals surface area contributed by atoms with Crippen LogP contribution in [0.1, 0.15) is 41.7 Å². The fourth-order valence-electron chi connectivity index (χ4n) is 3.80. The molecule has 2 aliphatic heterocycles. The van der Waals surface area contributed by atoms with Crippen LogP contribution in [0.4, 0.5) is 11.6 Å². The van der Waals surface area contributed by atoms with Crippen LogP contribution in [0, 0.1) is 11.3 Å². The number of nitriles is 1. The standard InChI is InChI=1S/C20H23N7O/c21-12-15-4-3-7-23-19(15)26-10-5-16(6-11-26)24-18-14-22-13-17(25-18)20(28)27-8-1-2-9-27/h3-4,7,13-14,16H,1-2,5-6,8-11H2,(H,24,25). The van der Waals surface area contributed by atoms with Gasteiger partial charge in [0.25, 0.3) is 5.91 Å². The predicted octanol–water partition coefficient (Wildman–Crippen LogP) is 2.06. The highest BCUT2D eigenvalue weighted by Gasteiger charge is 2.24. The number of anilines is 2. The Balaban J connectivity index is 1.37. The third-order valence-corrected chi connectivity index (χ3v) is 5.30. The van der Waals surface area contributed by atoms with Gasteiger partial charge in [-0.25, -0.2) is 9.97 Å². The Morgan fingerprint density at radius 1 is 1.18 bits per heavy atom. The normalized spacial score (nSPS) is 17.4. The number of nitrogens with one attached hydrogen (secondary N) is 1. The maximum absolute atomic E-state index is 12.5. The zero-order chi connectivity index (χ0) is 19.3. The van der Waals surface area contributed by atoms with Crippen LogP contribution in [0.5, 0.6) is 0 Å². The van der Waals surface area contributed by atoms with Crippen molar-refractivity contribution in [3.63, 3.8) is 0 Å². The lowest BCUT2D eigenvalue weighted by atomic mass is 10.0. The summed E-state index contributed by atoms with van der Waals surface area (Å²) >= 11 is 0. The molecule has 4 rings (SSSR count). The molecule has 2 fully saturated rings. The first kappa shape index (κ1) is 18.2. The van der Waals surface area contributed by atoms with Crippen molar-refractivity contribution >= 4 is 17.5 Å². The van der Waals surface area contributed by atoms with Crippen molar-refractivity contribution in [2.45, 2.75) is 31.7 Å². The quantitative estimate of drug-likeness (QED) is 0.871. The van der Waals surface area contributed by atoms with E-state index in [0.29, 0.717) is 17.1 Å². The molecule has 2 aliphatic rings. The van der Waals surface area contributed by atoms with Gasteiger partial charge in [0.2, 0.25) is 0 Å². The fraction of sp³-hybridized carbons (Fsp3) is 0.450. The van der Waals surface area contributed by atoms with Crippen molar-refractivity contribution in [1.82, 2.24) is 19.9 Å². The molecule has 0 saturated carbocycles. The van der Waals surface area contributed by atoms with Crippen LogP contribution < -0.4 is 10.2 Å². The second kappa shape index (κ2) is 8.21. The van der Waals surface area contributed by atoms with Crippen LogP contribution in [0.15, 0.2) is 30.7 Å². The van der Waals surface area contributed by atoms with Crippen LogP contribution >= 0.6 is 0 Å². The van der Waals surface area contributed by atoms with Crippen molar-refractivity contribution in [2.24, 2.45) is 0 Å². The van der Waals surface area contributed by atoms with Crippen molar-refractivity contribution in [1.29, 1.82) is 5.26 Å². The Bertz CT molecular complexity index is 880. The second-order valence-corrected chi connectivity index (χ2v) is 7.18. The molecule has 0 aromatic carbocycles. The van der Waals surface area contributed by atoms with Crippen LogP contribution in [-0.2, 0) is 0 Å². The number of pyridine rings is 1. The van der Waals surface area contributed by atoms with E-state index in [2.05, 4.69) is 31.2 Å². The van der Waals surface area contributed by atoms with Crippen molar-refractivity contribution in [2.75, 3.05) is 36.4 Å². The van der Waals surface area contributed by atoms with Crippen molar-refractivity contribution in [3.8, 4) is 6.07 Å². The van der Waals surface area contributed by atoms with E-state index in [4.69, 9.17) is 0 Å². The van der Waals surface area contributed by atoms with Gasteiger partial charge in [0, 0.05) is 38.4 Å². The minimum absolute atomic E-state index is 0.0392. The van der Waals surface area contributed by atoms with Gasteiger partial charge in [0.05, 0.1) is 18.0 Å². The summed E-state index contributed by atoms with van der Waals surface area (Å²) in [5.41, 5.74) is 1.00. The molecule has 1 N–H and O–H groups in total. The zero-order valence-electron chi connectivity index (χ0n) is 15.7. The molecule has 2 aromatic heterocycles. The van der Waals surface area contributed by atoms with E-state index in [0.717, 1.165) is 57.7 Å². The molecule has 28 heavy (non-hydrogen) atoms. The van der Waals surface area contributed by atoms with E-state index in [9.17, 15) is 10.1 Å². The maximum atomic E-state index is 12.5. The predicted molar refractivity (Wildman–Crippen MR) is 105 cm³/mol. The highest BCUT2D eigenvalue weighted by atomic mass is 16.2. The topological polar surface area (TPSA) is 98.0 Å². The van der Waals surface area contributed by atoms with Gasteiger partial charge in [-0.3, -0.25) is 9.78 Å². The molecule has 0 spiro atoms. The molecular formula is C20H23N7O. The van der Waals surface area contributed by atoms with E-state index in [-0.39, 0.29) is 11.9 Å². The summed E-state index contributed by atoms with van der Waals surface area (Å²) in [6.45, 7) is 3.22. The van der Waals surface area contributed by atoms with Gasteiger partial charge < -0.3 is 15.1 Å². The summed E-state index contributed by atoms with van der Waals surface area (Å²) in [7, 11) is 0. The molecule has 0 aliphatic carbocycles. The number of carbonyl (C=O) groups is 1. The smallest absolute Gasteiger partial charge is 0.274 e. The Kier molecular flexibility index (Phi) is 5.33. The molecule has 0 unspecified atom stereocenters. The molecule has 144 valence electrons. The van der Waals surface area contributed by atoms with Gasteiger partial charge in [0.15, 0.2) is 0 Å². The first-order valence-electron chi connectivity index (χ1n) is 9.72. The molecule has 8 heteroatoms. The highest BCUT2D eigenvalue weighted by molar-refractivity contribution is 5.92. The lowest BCUT2D eigenvalue weighted by Crippen LogP contribution is -2.40. The lowest BCUT2D eigenvalue weighted by Gasteiger charge is -2.33. The number of piperidine rings is 1. The van der Waals surface area contributed by atoms with Crippen LogP contribution in [0.25, 0.3) is 0 Å². The molecule has 4 heterocycles. The highest BCUT2D eigenvalue weighted by Crippen LogP contribution is 2.22. The van der Waals surface area contributed by atoms with Crippen LogP contribution in [-0.4, -0.2) is 58.0 Å². The summed E-state index contributed by atoms with van der Waals surface area (Å²) in [6, 6.07) is 6.04. The number of nitrogens with zero attached hydrogens (tertiary/aromatic N) is 6. The Morgan fingerprint density at radius 3 is 2.71 bits per heavy atom. The summed E-state index contributed by atoms with van der Waals surface area (Å²) in [5.74, 6) is 1.35. The number of hydrogen-bond acceptors (Lipinski definition) is 7. The number of carbonyl (C=O) groups excluding carboxylic acids is 1. The second-order valence-electron chi connectivity index (χ2n) is 7.18. The third kappa shape index (κ3) is 3.88. The van der Waals surface area contributed by atoms with Crippen molar-refractivity contribution < 1.29 is 4.79 Å². The fourth-order valence-corrected chi connectivity index (χ4v) is 3.80. The van der Waals surface area contributed by atoms with E-state index >= 15 is 0 Å². The van der Waals surface area contributed by atoms with Gasteiger partial charge in [0.1, 0.15) is 23.4 Å². The summed E-state index contributed by atoms with van der Waals surface area (Å²) in [5, 5.41) is 12.7. The number of amides is 1. The molecule has 2 saturated heterocycles. The van der Waals surface area contributed by atoms with Gasteiger partial charge in [-0.05, 0) is 37.8 Å². The SMILES string of the molecule is N#Cc1cccnc1N1CCC(Nc2cncc(C(=O)N3CCCC3)n2)CC1. The molecule has 0 atom stereocenters. The molecule has 0 bridgehead atoms. The summed E-state index contributed by atoms with van der Waals surface area (Å²) in [4.78, 5) is 29.5. The van der Waals surface area contributed by atoms with Gasteiger partial charge in [-0.2, -0.15) is 5.26 Å². The van der Waals surface area contributed by atoms with Gasteiger partial charge in [-0.15, -0.1) is 0 Å².